The van der Waals surface area contributed by atoms with E-state index in [1.165, 1.54) is 0 Å². The van der Waals surface area contributed by atoms with Crippen molar-refractivity contribution in [2.45, 2.75) is 70.0 Å². The summed E-state index contributed by atoms with van der Waals surface area (Å²) in [5.74, 6) is 0. The third-order valence-electron chi connectivity index (χ3n) is 4.86. The maximum Gasteiger partial charge on any atom is 0.410 e. The first-order valence-corrected chi connectivity index (χ1v) is 12.6. The summed E-state index contributed by atoms with van der Waals surface area (Å²) in [6.07, 6.45) is 2.73. The summed E-state index contributed by atoms with van der Waals surface area (Å²) in [4.78, 5) is 14.0. The van der Waals surface area contributed by atoms with Crippen LogP contribution in [0.15, 0.2) is 29.2 Å². The molecule has 0 radical (unpaired) electrons. The van der Waals surface area contributed by atoms with Crippen LogP contribution in [0.4, 0.5) is 4.79 Å². The first-order chi connectivity index (χ1) is 15.1. The number of hydrogen-bond donors (Lipinski definition) is 0. The topological polar surface area (TPSA) is 91.4 Å². The summed E-state index contributed by atoms with van der Waals surface area (Å²) in [7, 11) is -3.72. The Balaban J connectivity index is 1.47. The van der Waals surface area contributed by atoms with Crippen LogP contribution < -0.4 is 0 Å². The number of carbonyl (C=O) groups excluding carboxylic acids is 1. The highest BCUT2D eigenvalue weighted by molar-refractivity contribution is 7.86. The molecule has 0 atom stereocenters. The molecule has 1 aromatic carbocycles. The standard InChI is InChI=1S/C23H37NO7S/c1-19-7-9-21(10-8-19)32(26,27)30-18-6-16-28-15-5-17-29-20-11-13-24(14-12-20)22(25)31-23(2,3)4/h7-10,20H,5-6,11-18H2,1-4H3. The largest absolute Gasteiger partial charge is 0.444 e. The molecule has 0 aromatic heterocycles. The molecule has 1 fully saturated rings. The Labute approximate surface area is 192 Å². The molecule has 0 bridgehead atoms. The minimum atomic E-state index is -3.72. The van der Waals surface area contributed by atoms with Crippen LogP contribution in [0, 0.1) is 6.92 Å². The smallest absolute Gasteiger partial charge is 0.410 e. The molecule has 182 valence electrons. The molecule has 1 aromatic rings. The highest BCUT2D eigenvalue weighted by atomic mass is 32.2. The van der Waals surface area contributed by atoms with Gasteiger partial charge in [-0.05, 0) is 65.5 Å². The van der Waals surface area contributed by atoms with E-state index in [2.05, 4.69) is 0 Å². The summed E-state index contributed by atoms with van der Waals surface area (Å²) in [6.45, 7) is 10.4. The minimum absolute atomic E-state index is 0.0862. The van der Waals surface area contributed by atoms with Crippen molar-refractivity contribution in [3.63, 3.8) is 0 Å². The van der Waals surface area contributed by atoms with Crippen molar-refractivity contribution in [2.75, 3.05) is 39.5 Å². The van der Waals surface area contributed by atoms with Crippen LogP contribution in [-0.2, 0) is 28.5 Å². The molecule has 1 aliphatic heterocycles. The fraction of sp³-hybridized carbons (Fsp3) is 0.696. The van der Waals surface area contributed by atoms with Crippen molar-refractivity contribution in [3.8, 4) is 0 Å². The van der Waals surface area contributed by atoms with Crippen molar-refractivity contribution >= 4 is 16.2 Å². The minimum Gasteiger partial charge on any atom is -0.444 e. The van der Waals surface area contributed by atoms with Crippen molar-refractivity contribution in [3.05, 3.63) is 29.8 Å². The zero-order chi connectivity index (χ0) is 23.6. The van der Waals surface area contributed by atoms with E-state index in [0.717, 1.165) is 24.8 Å². The van der Waals surface area contributed by atoms with Gasteiger partial charge in [-0.25, -0.2) is 4.79 Å². The van der Waals surface area contributed by atoms with Crippen LogP contribution in [0.3, 0.4) is 0 Å². The summed E-state index contributed by atoms with van der Waals surface area (Å²) < 4.78 is 46.0. The van der Waals surface area contributed by atoms with Crippen LogP contribution in [0.25, 0.3) is 0 Å². The second-order valence-corrected chi connectivity index (χ2v) is 10.6. The number of nitrogens with zero attached hydrogens (tertiary/aromatic N) is 1. The van der Waals surface area contributed by atoms with Gasteiger partial charge in [-0.3, -0.25) is 4.18 Å². The molecule has 0 aliphatic carbocycles. The Hall–Kier alpha value is -1.68. The number of aryl methyl sites for hydroxylation is 1. The lowest BCUT2D eigenvalue weighted by molar-refractivity contribution is -0.0164. The highest BCUT2D eigenvalue weighted by Crippen LogP contribution is 2.17. The first-order valence-electron chi connectivity index (χ1n) is 11.2. The van der Waals surface area contributed by atoms with E-state index < -0.39 is 15.7 Å². The second kappa shape index (κ2) is 12.5. The van der Waals surface area contributed by atoms with Gasteiger partial charge in [0, 0.05) is 32.9 Å². The number of hydrogen-bond acceptors (Lipinski definition) is 7. The lowest BCUT2D eigenvalue weighted by Gasteiger charge is -2.33. The van der Waals surface area contributed by atoms with Crippen LogP contribution in [0.1, 0.15) is 52.0 Å². The van der Waals surface area contributed by atoms with Gasteiger partial charge in [0.15, 0.2) is 0 Å². The van der Waals surface area contributed by atoms with Crippen molar-refractivity contribution in [1.29, 1.82) is 0 Å². The molecule has 1 heterocycles. The number of benzene rings is 1. The van der Waals surface area contributed by atoms with Gasteiger partial charge in [0.05, 0.1) is 17.6 Å². The van der Waals surface area contributed by atoms with E-state index in [4.69, 9.17) is 18.4 Å². The summed E-state index contributed by atoms with van der Waals surface area (Å²) >= 11 is 0. The molecular formula is C23H37NO7S. The quantitative estimate of drug-likeness (QED) is 0.357. The Morgan fingerprint density at radius 2 is 1.59 bits per heavy atom. The molecule has 1 amide bonds. The SMILES string of the molecule is Cc1ccc(S(=O)(=O)OCCCOCCCOC2CCN(C(=O)OC(C)(C)C)CC2)cc1. The maximum atomic E-state index is 12.1. The maximum absolute atomic E-state index is 12.1. The molecule has 9 heteroatoms. The van der Waals surface area contributed by atoms with Gasteiger partial charge in [-0.15, -0.1) is 0 Å². The second-order valence-electron chi connectivity index (χ2n) is 8.95. The van der Waals surface area contributed by atoms with Crippen LogP contribution in [0.2, 0.25) is 0 Å². The van der Waals surface area contributed by atoms with E-state index >= 15 is 0 Å². The number of piperidine rings is 1. The van der Waals surface area contributed by atoms with Crippen LogP contribution >= 0.6 is 0 Å². The molecule has 0 unspecified atom stereocenters. The van der Waals surface area contributed by atoms with Gasteiger partial charge in [0.1, 0.15) is 5.60 Å². The fourth-order valence-electron chi connectivity index (χ4n) is 3.15. The zero-order valence-corrected chi connectivity index (χ0v) is 20.5. The number of carbonyl (C=O) groups is 1. The Morgan fingerprint density at radius 3 is 2.19 bits per heavy atom. The van der Waals surface area contributed by atoms with E-state index in [1.54, 1.807) is 29.2 Å². The number of amides is 1. The summed E-state index contributed by atoms with van der Waals surface area (Å²) in [6, 6.07) is 6.57. The Bertz CT molecular complexity index is 795. The fourth-order valence-corrected chi connectivity index (χ4v) is 4.09. The summed E-state index contributed by atoms with van der Waals surface area (Å²) in [5.41, 5.74) is 0.513. The van der Waals surface area contributed by atoms with Crippen molar-refractivity contribution < 1.29 is 31.6 Å². The molecular weight excluding hydrogens is 434 g/mol. The number of likely N-dealkylation sites (tertiary alicyclic amines) is 1. The molecule has 8 nitrogen and oxygen atoms in total. The highest BCUT2D eigenvalue weighted by Gasteiger charge is 2.27. The van der Waals surface area contributed by atoms with E-state index in [-0.39, 0.29) is 23.7 Å². The molecule has 0 N–H and O–H groups in total. The van der Waals surface area contributed by atoms with Gasteiger partial charge in [0.25, 0.3) is 10.1 Å². The van der Waals surface area contributed by atoms with E-state index in [0.29, 0.717) is 39.3 Å². The lowest BCUT2D eigenvalue weighted by atomic mass is 10.1. The molecule has 32 heavy (non-hydrogen) atoms. The molecule has 0 saturated carbocycles. The third kappa shape index (κ3) is 9.85. The molecule has 0 spiro atoms. The summed E-state index contributed by atoms with van der Waals surface area (Å²) in [5, 5.41) is 0. The van der Waals surface area contributed by atoms with Crippen molar-refractivity contribution in [2.24, 2.45) is 0 Å². The zero-order valence-electron chi connectivity index (χ0n) is 19.7. The van der Waals surface area contributed by atoms with Crippen molar-refractivity contribution in [1.82, 2.24) is 4.90 Å². The predicted octanol–water partition coefficient (Wildman–Crippen LogP) is 3.91. The van der Waals surface area contributed by atoms with E-state index in [1.807, 2.05) is 27.7 Å². The number of ether oxygens (including phenoxy) is 3. The van der Waals surface area contributed by atoms with Gasteiger partial charge in [0.2, 0.25) is 0 Å². The lowest BCUT2D eigenvalue weighted by Crippen LogP contribution is -2.43. The average Bonchev–Trinajstić information content (AvgIpc) is 2.72. The third-order valence-corrected chi connectivity index (χ3v) is 6.19. The monoisotopic (exact) mass is 471 g/mol. The average molecular weight is 472 g/mol. The van der Waals surface area contributed by atoms with Gasteiger partial charge in [-0.1, -0.05) is 17.7 Å². The molecule has 1 aliphatic rings. The van der Waals surface area contributed by atoms with Crippen LogP contribution in [-0.4, -0.2) is 70.6 Å². The van der Waals surface area contributed by atoms with Gasteiger partial charge >= 0.3 is 6.09 Å². The Morgan fingerprint density at radius 1 is 1.00 bits per heavy atom. The normalized spacial score (nSPS) is 15.7. The van der Waals surface area contributed by atoms with Gasteiger partial charge in [-0.2, -0.15) is 8.42 Å². The molecule has 2 rings (SSSR count). The van der Waals surface area contributed by atoms with Gasteiger partial charge < -0.3 is 19.1 Å². The van der Waals surface area contributed by atoms with E-state index in [9.17, 15) is 13.2 Å². The molecule has 1 saturated heterocycles. The predicted molar refractivity (Wildman–Crippen MR) is 121 cm³/mol. The van der Waals surface area contributed by atoms with Crippen LogP contribution in [0.5, 0.6) is 0 Å². The number of rotatable bonds is 11. The Kier molecular flexibility index (Phi) is 10.4. The first kappa shape index (κ1) is 26.6.